The van der Waals surface area contributed by atoms with E-state index in [1.165, 1.54) is 19.3 Å². The lowest BCUT2D eigenvalue weighted by Crippen LogP contribution is -2.53. The Morgan fingerprint density at radius 1 is 1.22 bits per heavy atom. The van der Waals surface area contributed by atoms with Crippen molar-refractivity contribution in [2.45, 2.75) is 70.9 Å². The summed E-state index contributed by atoms with van der Waals surface area (Å²) in [6, 6.07) is 14.2. The Kier molecular flexibility index (Phi) is 9.04. The van der Waals surface area contributed by atoms with E-state index in [2.05, 4.69) is 36.3 Å². The molecule has 1 saturated carbocycles. The quantitative estimate of drug-likeness (QED) is 0.306. The number of piperazine rings is 1. The van der Waals surface area contributed by atoms with Crippen LogP contribution < -0.4 is 16.4 Å². The number of amides is 1. The van der Waals surface area contributed by atoms with Gasteiger partial charge in [-0.15, -0.1) is 0 Å². The van der Waals surface area contributed by atoms with Gasteiger partial charge in [-0.25, -0.2) is 4.99 Å². The number of carbonyl (C=O) groups excluding carboxylic acids is 1. The Labute approximate surface area is 231 Å². The summed E-state index contributed by atoms with van der Waals surface area (Å²) < 4.78 is 0. The van der Waals surface area contributed by atoms with Gasteiger partial charge in [-0.05, 0) is 60.6 Å². The number of rotatable bonds is 6. The van der Waals surface area contributed by atoms with Gasteiger partial charge in [0.1, 0.15) is 0 Å². The van der Waals surface area contributed by atoms with E-state index in [0.717, 1.165) is 48.8 Å². The lowest BCUT2D eigenvalue weighted by molar-refractivity contribution is -0.118. The molecule has 2 aromatic carbocycles. The lowest BCUT2D eigenvalue weighted by atomic mass is 9.73. The van der Waals surface area contributed by atoms with Gasteiger partial charge >= 0.3 is 0 Å². The molecule has 1 saturated heterocycles. The SMILES string of the molecule is C[C@H]1CN(/C(=N/C2CCCCC2(C)C)Nc2ccc(C(CC(N)=O)c3ccc(Cl)cc3Cl)cc2)CCN1. The number of halogens is 2. The summed E-state index contributed by atoms with van der Waals surface area (Å²) in [7, 11) is 0. The van der Waals surface area contributed by atoms with Crippen molar-refractivity contribution in [1.29, 1.82) is 0 Å². The first-order chi connectivity index (χ1) is 17.6. The standard InChI is InChI=1S/C29H39Cl2N5O/c1-19-18-36(15-14-33-19)28(35-26-6-4-5-13-29(26,2)3)34-22-10-7-20(8-11-22)24(17-27(32)37)23-12-9-21(30)16-25(23)31/h7-12,16,19,24,26,33H,4-6,13-15,17-18H2,1-3H3,(H2,32,37)(H,34,35)/t19-,24?,26?/m0/s1. The highest BCUT2D eigenvalue weighted by molar-refractivity contribution is 6.35. The third-order valence-electron chi connectivity index (χ3n) is 7.71. The first kappa shape index (κ1) is 27.7. The van der Waals surface area contributed by atoms with Gasteiger partial charge in [0, 0.05) is 53.7 Å². The molecule has 4 N–H and O–H groups in total. The molecule has 6 nitrogen and oxygen atoms in total. The Morgan fingerprint density at radius 3 is 2.62 bits per heavy atom. The van der Waals surface area contributed by atoms with Gasteiger partial charge in [-0.2, -0.15) is 0 Å². The van der Waals surface area contributed by atoms with Crippen LogP contribution in [0.2, 0.25) is 10.0 Å². The maximum absolute atomic E-state index is 11.9. The first-order valence-electron chi connectivity index (χ1n) is 13.3. The Bertz CT molecular complexity index is 1120. The van der Waals surface area contributed by atoms with E-state index >= 15 is 0 Å². The highest BCUT2D eigenvalue weighted by atomic mass is 35.5. The second kappa shape index (κ2) is 12.1. The summed E-state index contributed by atoms with van der Waals surface area (Å²) in [5.74, 6) is 0.313. The van der Waals surface area contributed by atoms with Crippen molar-refractivity contribution in [1.82, 2.24) is 10.2 Å². The van der Waals surface area contributed by atoms with E-state index in [9.17, 15) is 4.79 Å². The molecule has 0 spiro atoms. The van der Waals surface area contributed by atoms with Crippen LogP contribution in [0.1, 0.15) is 69.9 Å². The van der Waals surface area contributed by atoms with Crippen LogP contribution in [0.3, 0.4) is 0 Å². The molecule has 2 unspecified atom stereocenters. The normalized spacial score (nSPS) is 22.9. The number of anilines is 1. The Morgan fingerprint density at radius 2 is 1.97 bits per heavy atom. The van der Waals surface area contributed by atoms with E-state index in [1.54, 1.807) is 12.1 Å². The van der Waals surface area contributed by atoms with Gasteiger partial charge in [-0.1, -0.05) is 68.1 Å². The van der Waals surface area contributed by atoms with Crippen LogP contribution in [-0.2, 0) is 4.79 Å². The lowest BCUT2D eigenvalue weighted by Gasteiger charge is -2.39. The van der Waals surface area contributed by atoms with Crippen molar-refractivity contribution < 1.29 is 4.79 Å². The van der Waals surface area contributed by atoms with E-state index in [-0.39, 0.29) is 23.7 Å². The van der Waals surface area contributed by atoms with Gasteiger partial charge < -0.3 is 21.3 Å². The van der Waals surface area contributed by atoms with E-state index in [4.69, 9.17) is 33.9 Å². The molecule has 2 aromatic rings. The minimum atomic E-state index is -0.379. The number of primary amides is 1. The predicted molar refractivity (Wildman–Crippen MR) is 155 cm³/mol. The van der Waals surface area contributed by atoms with Crippen LogP contribution in [-0.4, -0.2) is 48.5 Å². The van der Waals surface area contributed by atoms with E-state index < -0.39 is 0 Å². The minimum Gasteiger partial charge on any atom is -0.370 e. The predicted octanol–water partition coefficient (Wildman–Crippen LogP) is 6.03. The van der Waals surface area contributed by atoms with E-state index in [0.29, 0.717) is 22.1 Å². The highest BCUT2D eigenvalue weighted by Crippen LogP contribution is 2.38. The van der Waals surface area contributed by atoms with Crippen molar-refractivity contribution in [2.24, 2.45) is 16.1 Å². The topological polar surface area (TPSA) is 82.8 Å². The van der Waals surface area contributed by atoms with Gasteiger partial charge in [0.25, 0.3) is 0 Å². The maximum Gasteiger partial charge on any atom is 0.218 e. The molecular weight excluding hydrogens is 505 g/mol. The molecule has 0 aromatic heterocycles. The fourth-order valence-electron chi connectivity index (χ4n) is 5.50. The monoisotopic (exact) mass is 543 g/mol. The van der Waals surface area contributed by atoms with Gasteiger partial charge in [0.15, 0.2) is 5.96 Å². The number of guanidine groups is 1. The van der Waals surface area contributed by atoms with Crippen molar-refractivity contribution in [3.63, 3.8) is 0 Å². The number of hydrogen-bond acceptors (Lipinski definition) is 3. The van der Waals surface area contributed by atoms with Crippen molar-refractivity contribution in [3.8, 4) is 0 Å². The van der Waals surface area contributed by atoms with Crippen LogP contribution in [0.5, 0.6) is 0 Å². The largest absolute Gasteiger partial charge is 0.370 e. The molecule has 4 rings (SSSR count). The third kappa shape index (κ3) is 7.18. The van der Waals surface area contributed by atoms with E-state index in [1.807, 2.05) is 30.3 Å². The van der Waals surface area contributed by atoms with Gasteiger partial charge in [0.2, 0.25) is 5.91 Å². The van der Waals surface area contributed by atoms with Crippen LogP contribution in [0.25, 0.3) is 0 Å². The molecule has 1 amide bonds. The van der Waals surface area contributed by atoms with Crippen LogP contribution in [0, 0.1) is 5.41 Å². The molecule has 0 bridgehead atoms. The zero-order valence-corrected chi connectivity index (χ0v) is 23.6. The summed E-state index contributed by atoms with van der Waals surface area (Å²) in [6.45, 7) is 9.65. The Balaban J connectivity index is 1.60. The summed E-state index contributed by atoms with van der Waals surface area (Å²) in [5, 5.41) is 8.24. The number of nitrogens with one attached hydrogen (secondary N) is 2. The molecule has 200 valence electrons. The molecule has 1 heterocycles. The highest BCUT2D eigenvalue weighted by Gasteiger charge is 2.33. The van der Waals surface area contributed by atoms with Crippen LogP contribution in [0.4, 0.5) is 5.69 Å². The molecule has 1 aliphatic carbocycles. The smallest absolute Gasteiger partial charge is 0.218 e. The zero-order valence-electron chi connectivity index (χ0n) is 22.1. The molecule has 0 radical (unpaired) electrons. The average molecular weight is 545 g/mol. The molecule has 3 atom stereocenters. The average Bonchev–Trinajstić information content (AvgIpc) is 2.84. The number of hydrogen-bond donors (Lipinski definition) is 3. The summed E-state index contributed by atoms with van der Waals surface area (Å²) in [6.07, 6.45) is 4.99. The first-order valence-corrected chi connectivity index (χ1v) is 14.0. The molecule has 2 fully saturated rings. The number of nitrogens with two attached hydrogens (primary N) is 1. The summed E-state index contributed by atoms with van der Waals surface area (Å²) in [4.78, 5) is 19.6. The second-order valence-electron chi connectivity index (χ2n) is 11.1. The van der Waals surface area contributed by atoms with Crippen molar-refractivity contribution in [3.05, 3.63) is 63.6 Å². The molecule has 2 aliphatic rings. The van der Waals surface area contributed by atoms with Gasteiger partial charge in [0.05, 0.1) is 6.04 Å². The summed E-state index contributed by atoms with van der Waals surface area (Å²) >= 11 is 12.6. The number of aliphatic imine (C=N–C) groups is 1. The fourth-order valence-corrected chi connectivity index (χ4v) is 6.04. The summed E-state index contributed by atoms with van der Waals surface area (Å²) in [5.41, 5.74) is 8.56. The second-order valence-corrected chi connectivity index (χ2v) is 12.0. The van der Waals surface area contributed by atoms with Gasteiger partial charge in [-0.3, -0.25) is 4.79 Å². The maximum atomic E-state index is 11.9. The molecule has 37 heavy (non-hydrogen) atoms. The van der Waals surface area contributed by atoms with Crippen molar-refractivity contribution >= 4 is 40.8 Å². The van der Waals surface area contributed by atoms with Crippen LogP contribution >= 0.6 is 23.2 Å². The van der Waals surface area contributed by atoms with Crippen molar-refractivity contribution in [2.75, 3.05) is 25.0 Å². The zero-order chi connectivity index (χ0) is 26.6. The number of carbonyl (C=O) groups is 1. The minimum absolute atomic E-state index is 0.163. The van der Waals surface area contributed by atoms with Crippen LogP contribution in [0.15, 0.2) is 47.5 Å². The fraction of sp³-hybridized carbons (Fsp3) is 0.517. The molecular formula is C29H39Cl2N5O. The number of nitrogens with zero attached hydrogens (tertiary/aromatic N) is 2. The molecule has 1 aliphatic heterocycles. The number of benzene rings is 2. The molecule has 8 heteroatoms. The third-order valence-corrected chi connectivity index (χ3v) is 8.27. The Hall–Kier alpha value is -2.28.